The largest absolute Gasteiger partial charge is 0.478 e. The Bertz CT molecular complexity index is 566. The maximum absolute atomic E-state index is 11.7. The van der Waals surface area contributed by atoms with Gasteiger partial charge in [0.05, 0.1) is 6.42 Å². The van der Waals surface area contributed by atoms with Gasteiger partial charge in [0.25, 0.3) is 0 Å². The first-order valence-corrected chi connectivity index (χ1v) is 6.05. The van der Waals surface area contributed by atoms with Gasteiger partial charge in [0, 0.05) is 11.1 Å². The Hall–Kier alpha value is -2.21. The lowest BCUT2D eigenvalue weighted by Gasteiger charge is -2.06. The summed E-state index contributed by atoms with van der Waals surface area (Å²) in [5, 5.41) is 13.3. The number of rotatable bonds is 4. The van der Waals surface area contributed by atoms with Crippen molar-refractivity contribution >= 4 is 29.0 Å². The maximum Gasteiger partial charge on any atom is 0.339 e. The lowest BCUT2D eigenvalue weighted by molar-refractivity contribution is -0.115. The van der Waals surface area contributed by atoms with Crippen molar-refractivity contribution in [2.24, 2.45) is 0 Å². The smallest absolute Gasteiger partial charge is 0.339 e. The molecule has 0 aromatic carbocycles. The molecule has 6 heteroatoms. The van der Waals surface area contributed by atoms with Crippen molar-refractivity contribution in [3.63, 3.8) is 0 Å². The zero-order chi connectivity index (χ0) is 13.0. The summed E-state index contributed by atoms with van der Waals surface area (Å²) >= 11 is 1.47. The molecule has 2 N–H and O–H groups in total. The number of aromatic nitrogens is 1. The predicted molar refractivity (Wildman–Crippen MR) is 67.8 cm³/mol. The lowest BCUT2D eigenvalue weighted by atomic mass is 10.2. The molecule has 0 radical (unpaired) electrons. The van der Waals surface area contributed by atoms with Gasteiger partial charge < -0.3 is 10.4 Å². The molecular formula is C12H10N2O3S. The Labute approximate surface area is 107 Å². The number of hydrogen-bond acceptors (Lipinski definition) is 4. The summed E-state index contributed by atoms with van der Waals surface area (Å²) in [5.74, 6) is -1.32. The number of carboxylic acid groups (broad SMARTS) is 1. The molecule has 0 aliphatic rings. The highest BCUT2D eigenvalue weighted by atomic mass is 32.1. The number of aromatic carboxylic acids is 1. The molecule has 0 aliphatic carbocycles. The fourth-order valence-electron chi connectivity index (χ4n) is 1.43. The van der Waals surface area contributed by atoms with Gasteiger partial charge in [0.1, 0.15) is 11.4 Å². The van der Waals surface area contributed by atoms with Crippen molar-refractivity contribution in [3.8, 4) is 0 Å². The first-order valence-electron chi connectivity index (χ1n) is 5.17. The highest BCUT2D eigenvalue weighted by Gasteiger charge is 2.13. The summed E-state index contributed by atoms with van der Waals surface area (Å²) in [6.07, 6.45) is 1.65. The van der Waals surface area contributed by atoms with Gasteiger partial charge in [-0.3, -0.25) is 4.79 Å². The van der Waals surface area contributed by atoms with Crippen molar-refractivity contribution in [2.45, 2.75) is 6.42 Å². The van der Waals surface area contributed by atoms with Crippen LogP contribution in [0.3, 0.4) is 0 Å². The van der Waals surface area contributed by atoms with Crippen LogP contribution in [0, 0.1) is 0 Å². The van der Waals surface area contributed by atoms with Gasteiger partial charge in [-0.25, -0.2) is 9.78 Å². The number of hydrogen-bond donors (Lipinski definition) is 2. The summed E-state index contributed by atoms with van der Waals surface area (Å²) in [6, 6.07) is 6.62. The van der Waals surface area contributed by atoms with E-state index in [-0.39, 0.29) is 23.7 Å². The number of thiophene rings is 1. The van der Waals surface area contributed by atoms with Gasteiger partial charge in [0.2, 0.25) is 5.91 Å². The van der Waals surface area contributed by atoms with E-state index < -0.39 is 5.97 Å². The molecule has 0 saturated carbocycles. The van der Waals surface area contributed by atoms with Gasteiger partial charge in [-0.05, 0) is 23.6 Å². The van der Waals surface area contributed by atoms with E-state index in [2.05, 4.69) is 10.3 Å². The molecule has 0 bridgehead atoms. The molecule has 92 valence electrons. The molecule has 2 rings (SSSR count). The van der Waals surface area contributed by atoms with E-state index in [0.29, 0.717) is 0 Å². The molecule has 0 fully saturated rings. The minimum Gasteiger partial charge on any atom is -0.478 e. The van der Waals surface area contributed by atoms with E-state index in [1.807, 2.05) is 17.5 Å². The average Bonchev–Trinajstić information content (AvgIpc) is 2.82. The number of pyridine rings is 1. The third-order valence-electron chi connectivity index (χ3n) is 2.21. The Balaban J connectivity index is 2.09. The van der Waals surface area contributed by atoms with E-state index in [1.165, 1.54) is 29.7 Å². The van der Waals surface area contributed by atoms with Crippen molar-refractivity contribution in [1.29, 1.82) is 0 Å². The number of carbonyl (C=O) groups is 2. The van der Waals surface area contributed by atoms with E-state index in [0.717, 1.165) is 4.88 Å². The fraction of sp³-hybridized carbons (Fsp3) is 0.0833. The van der Waals surface area contributed by atoms with Crippen LogP contribution >= 0.6 is 11.3 Å². The van der Waals surface area contributed by atoms with Gasteiger partial charge >= 0.3 is 5.97 Å². The maximum atomic E-state index is 11.7. The third kappa shape index (κ3) is 2.92. The van der Waals surface area contributed by atoms with Gasteiger partial charge in [-0.2, -0.15) is 0 Å². The van der Waals surface area contributed by atoms with Crippen molar-refractivity contribution in [2.75, 3.05) is 5.32 Å². The topological polar surface area (TPSA) is 79.3 Å². The highest BCUT2D eigenvalue weighted by molar-refractivity contribution is 7.10. The zero-order valence-electron chi connectivity index (χ0n) is 9.29. The van der Waals surface area contributed by atoms with Crippen LogP contribution in [0.4, 0.5) is 5.82 Å². The first-order chi connectivity index (χ1) is 8.66. The molecule has 2 heterocycles. The van der Waals surface area contributed by atoms with Crippen molar-refractivity contribution < 1.29 is 14.7 Å². The second kappa shape index (κ2) is 5.42. The van der Waals surface area contributed by atoms with E-state index in [4.69, 9.17) is 5.11 Å². The molecule has 0 spiro atoms. The fourth-order valence-corrected chi connectivity index (χ4v) is 2.13. The molecule has 2 aromatic rings. The number of nitrogens with one attached hydrogen (secondary N) is 1. The molecule has 2 aromatic heterocycles. The molecule has 0 atom stereocenters. The molecule has 1 amide bonds. The number of amides is 1. The Kier molecular flexibility index (Phi) is 3.69. The number of nitrogens with zero attached hydrogens (tertiary/aromatic N) is 1. The SMILES string of the molecule is O=C(Cc1cccs1)Nc1ncccc1C(=O)O. The molecule has 18 heavy (non-hydrogen) atoms. The van der Waals surface area contributed by atoms with Crippen molar-refractivity contribution in [3.05, 3.63) is 46.3 Å². The zero-order valence-corrected chi connectivity index (χ0v) is 10.1. The molecule has 0 aliphatic heterocycles. The quantitative estimate of drug-likeness (QED) is 0.883. The second-order valence-corrected chi connectivity index (χ2v) is 4.54. The van der Waals surface area contributed by atoms with Gasteiger partial charge in [0.15, 0.2) is 0 Å². The summed E-state index contributed by atoms with van der Waals surface area (Å²) in [6.45, 7) is 0. The lowest BCUT2D eigenvalue weighted by Crippen LogP contribution is -2.17. The summed E-state index contributed by atoms with van der Waals surface area (Å²) < 4.78 is 0. The monoisotopic (exact) mass is 262 g/mol. The van der Waals surface area contributed by atoms with Crippen LogP contribution in [0.1, 0.15) is 15.2 Å². The van der Waals surface area contributed by atoms with Crippen LogP contribution in [-0.4, -0.2) is 22.0 Å². The first kappa shape index (κ1) is 12.3. The van der Waals surface area contributed by atoms with Crippen LogP contribution in [0.25, 0.3) is 0 Å². The van der Waals surface area contributed by atoms with Crippen LogP contribution in [0.2, 0.25) is 0 Å². The number of carbonyl (C=O) groups excluding carboxylic acids is 1. The highest BCUT2D eigenvalue weighted by Crippen LogP contribution is 2.13. The summed E-state index contributed by atoms with van der Waals surface area (Å²) in [5.41, 5.74) is -0.0166. The standard InChI is InChI=1S/C12H10N2O3S/c15-10(7-8-3-2-6-18-8)14-11-9(12(16)17)4-1-5-13-11/h1-6H,7H2,(H,16,17)(H,13,14,15). The van der Waals surface area contributed by atoms with Crippen LogP contribution < -0.4 is 5.32 Å². The number of anilines is 1. The third-order valence-corrected chi connectivity index (χ3v) is 3.09. The van der Waals surface area contributed by atoms with E-state index in [9.17, 15) is 9.59 Å². The van der Waals surface area contributed by atoms with E-state index >= 15 is 0 Å². The van der Waals surface area contributed by atoms with Crippen LogP contribution in [-0.2, 0) is 11.2 Å². The Morgan fingerprint density at radius 1 is 1.33 bits per heavy atom. The molecule has 0 unspecified atom stereocenters. The van der Waals surface area contributed by atoms with Crippen molar-refractivity contribution in [1.82, 2.24) is 4.98 Å². The summed E-state index contributed by atoms with van der Waals surface area (Å²) in [7, 11) is 0. The average molecular weight is 262 g/mol. The van der Waals surface area contributed by atoms with Gasteiger partial charge in [-0.1, -0.05) is 6.07 Å². The Morgan fingerprint density at radius 3 is 2.83 bits per heavy atom. The predicted octanol–water partition coefficient (Wildman–Crippen LogP) is 2.02. The normalized spacial score (nSPS) is 10.0. The molecule has 5 nitrogen and oxygen atoms in total. The Morgan fingerprint density at radius 2 is 2.17 bits per heavy atom. The minimum atomic E-state index is -1.12. The molecular weight excluding hydrogens is 252 g/mol. The van der Waals surface area contributed by atoms with Gasteiger partial charge in [-0.15, -0.1) is 11.3 Å². The summed E-state index contributed by atoms with van der Waals surface area (Å²) in [4.78, 5) is 27.4. The van der Waals surface area contributed by atoms with E-state index in [1.54, 1.807) is 0 Å². The second-order valence-electron chi connectivity index (χ2n) is 3.51. The minimum absolute atomic E-state index is 0.0166. The van der Waals surface area contributed by atoms with Crippen LogP contribution in [0.5, 0.6) is 0 Å². The number of carboxylic acids is 1. The van der Waals surface area contributed by atoms with Crippen LogP contribution in [0.15, 0.2) is 35.8 Å². The molecule has 0 saturated heterocycles.